The number of benzene rings is 1. The Morgan fingerprint density at radius 1 is 1.13 bits per heavy atom. The van der Waals surface area contributed by atoms with Gasteiger partial charge in [0.2, 0.25) is 10.0 Å². The number of hydrogen-bond donors (Lipinski definition) is 2. The van der Waals surface area contributed by atoms with Crippen molar-refractivity contribution in [2.75, 3.05) is 25.9 Å². The van der Waals surface area contributed by atoms with E-state index in [1.54, 1.807) is 0 Å². The van der Waals surface area contributed by atoms with E-state index in [1.165, 1.54) is 10.6 Å². The quantitative estimate of drug-likeness (QED) is 0.729. The molecule has 1 aromatic carbocycles. The molecule has 1 heterocycles. The zero-order chi connectivity index (χ0) is 16.9. The Labute approximate surface area is 138 Å². The van der Waals surface area contributed by atoms with Gasteiger partial charge in [-0.25, -0.2) is 17.4 Å². The molecule has 0 spiro atoms. The molecule has 1 atom stereocenters. The van der Waals surface area contributed by atoms with E-state index < -0.39 is 20.2 Å². The molecule has 1 aliphatic rings. The minimum atomic E-state index is -3.60. The minimum Gasteiger partial charge on any atom is -0.213 e. The summed E-state index contributed by atoms with van der Waals surface area (Å²) in [6, 6.07) is 9.24. The zero-order valence-electron chi connectivity index (χ0n) is 13.1. The van der Waals surface area contributed by atoms with Crippen molar-refractivity contribution in [1.29, 1.82) is 0 Å². The molecule has 23 heavy (non-hydrogen) atoms. The zero-order valence-corrected chi connectivity index (χ0v) is 14.7. The molecule has 1 aliphatic heterocycles. The Balaban J connectivity index is 1.82. The van der Waals surface area contributed by atoms with E-state index in [0.29, 0.717) is 13.1 Å². The largest absolute Gasteiger partial charge is 0.277 e. The fourth-order valence-electron chi connectivity index (χ4n) is 2.55. The number of nitrogens with one attached hydrogen (secondary N) is 2. The molecule has 2 rings (SSSR count). The average molecular weight is 361 g/mol. The topological polar surface area (TPSA) is 95.6 Å². The monoisotopic (exact) mass is 361 g/mol. The predicted molar refractivity (Wildman–Crippen MR) is 89.3 cm³/mol. The van der Waals surface area contributed by atoms with Crippen molar-refractivity contribution in [3.05, 3.63) is 35.9 Å². The first-order chi connectivity index (χ1) is 10.8. The predicted octanol–water partition coefficient (Wildman–Crippen LogP) is 0.282. The van der Waals surface area contributed by atoms with Crippen LogP contribution in [0.25, 0.3) is 0 Å². The van der Waals surface area contributed by atoms with E-state index >= 15 is 0 Å². The smallest absolute Gasteiger partial charge is 0.213 e. The first-order valence-electron chi connectivity index (χ1n) is 7.49. The number of hydrogen-bond acceptors (Lipinski definition) is 4. The Hall–Kier alpha value is -1.00. The standard InChI is InChI=1S/C14H23N3O4S2/c1-22(18,19)17-9-5-8-14(12-17)11-16-23(20,21)15-10-13-6-3-2-4-7-13/h2-4,6-7,14-16H,5,8-12H2,1H3/t14-/m0/s1. The van der Waals surface area contributed by atoms with Crippen molar-refractivity contribution in [2.24, 2.45) is 5.92 Å². The van der Waals surface area contributed by atoms with Gasteiger partial charge in [0.15, 0.2) is 0 Å². The summed E-state index contributed by atoms with van der Waals surface area (Å²) >= 11 is 0. The second-order valence-electron chi connectivity index (χ2n) is 5.79. The Bertz CT molecular complexity index is 705. The highest BCUT2D eigenvalue weighted by atomic mass is 32.2. The van der Waals surface area contributed by atoms with Gasteiger partial charge in [-0.05, 0) is 24.3 Å². The molecule has 0 saturated carbocycles. The molecule has 1 fully saturated rings. The molecule has 0 unspecified atom stereocenters. The number of piperidine rings is 1. The van der Waals surface area contributed by atoms with Gasteiger partial charge in [0.25, 0.3) is 10.2 Å². The molecular weight excluding hydrogens is 338 g/mol. The third-order valence-electron chi connectivity index (χ3n) is 3.82. The van der Waals surface area contributed by atoms with Crippen LogP contribution in [0.4, 0.5) is 0 Å². The van der Waals surface area contributed by atoms with Gasteiger partial charge in [-0.3, -0.25) is 0 Å². The molecular formula is C14H23N3O4S2. The Morgan fingerprint density at radius 3 is 2.48 bits per heavy atom. The molecule has 1 aromatic rings. The maximum absolute atomic E-state index is 12.0. The summed E-state index contributed by atoms with van der Waals surface area (Å²) < 4.78 is 53.5. The highest BCUT2D eigenvalue weighted by Crippen LogP contribution is 2.18. The van der Waals surface area contributed by atoms with Crippen molar-refractivity contribution >= 4 is 20.2 Å². The van der Waals surface area contributed by atoms with Gasteiger partial charge in [0.05, 0.1) is 6.26 Å². The molecule has 1 saturated heterocycles. The molecule has 0 radical (unpaired) electrons. The number of nitrogens with zero attached hydrogens (tertiary/aromatic N) is 1. The van der Waals surface area contributed by atoms with Crippen molar-refractivity contribution in [2.45, 2.75) is 19.4 Å². The molecule has 7 nitrogen and oxygen atoms in total. The summed E-state index contributed by atoms with van der Waals surface area (Å²) in [6.07, 6.45) is 2.74. The fraction of sp³-hybridized carbons (Fsp3) is 0.571. The minimum absolute atomic E-state index is 0.00762. The first kappa shape index (κ1) is 18.3. The van der Waals surface area contributed by atoms with Gasteiger partial charge in [-0.15, -0.1) is 0 Å². The van der Waals surface area contributed by atoms with E-state index in [0.717, 1.165) is 18.4 Å². The third-order valence-corrected chi connectivity index (χ3v) is 6.16. The highest BCUT2D eigenvalue weighted by molar-refractivity contribution is 7.88. The summed E-state index contributed by atoms with van der Waals surface area (Å²) in [5.41, 5.74) is 0.874. The number of sulfonamides is 1. The third kappa shape index (κ3) is 6.19. The van der Waals surface area contributed by atoms with E-state index in [2.05, 4.69) is 9.44 Å². The van der Waals surface area contributed by atoms with Crippen LogP contribution < -0.4 is 9.44 Å². The van der Waals surface area contributed by atoms with E-state index in [1.807, 2.05) is 30.3 Å². The van der Waals surface area contributed by atoms with Crippen LogP contribution in [0.5, 0.6) is 0 Å². The average Bonchev–Trinajstić information content (AvgIpc) is 2.52. The van der Waals surface area contributed by atoms with Crippen LogP contribution in [0.1, 0.15) is 18.4 Å². The van der Waals surface area contributed by atoms with Crippen molar-refractivity contribution < 1.29 is 16.8 Å². The van der Waals surface area contributed by atoms with Crippen molar-refractivity contribution in [1.82, 2.24) is 13.7 Å². The van der Waals surface area contributed by atoms with Crippen LogP contribution in [0.15, 0.2) is 30.3 Å². The second-order valence-corrected chi connectivity index (χ2v) is 9.35. The molecule has 130 valence electrons. The number of rotatable bonds is 7. The molecule has 0 bridgehead atoms. The maximum Gasteiger partial charge on any atom is 0.277 e. The lowest BCUT2D eigenvalue weighted by molar-refractivity contribution is 0.268. The Morgan fingerprint density at radius 2 is 1.83 bits per heavy atom. The van der Waals surface area contributed by atoms with Gasteiger partial charge in [-0.1, -0.05) is 30.3 Å². The van der Waals surface area contributed by atoms with Gasteiger partial charge in [0.1, 0.15) is 0 Å². The summed E-state index contributed by atoms with van der Waals surface area (Å²) in [5.74, 6) is -0.00762. The Kier molecular flexibility index (Phi) is 6.15. The molecule has 0 amide bonds. The summed E-state index contributed by atoms with van der Waals surface area (Å²) in [4.78, 5) is 0. The second kappa shape index (κ2) is 7.71. The van der Waals surface area contributed by atoms with Gasteiger partial charge in [-0.2, -0.15) is 13.1 Å². The van der Waals surface area contributed by atoms with Crippen molar-refractivity contribution in [3.8, 4) is 0 Å². The van der Waals surface area contributed by atoms with E-state index in [4.69, 9.17) is 0 Å². The summed E-state index contributed by atoms with van der Waals surface area (Å²) in [5, 5.41) is 0. The van der Waals surface area contributed by atoms with Crippen LogP contribution in [0, 0.1) is 5.92 Å². The van der Waals surface area contributed by atoms with E-state index in [9.17, 15) is 16.8 Å². The summed E-state index contributed by atoms with van der Waals surface area (Å²) in [7, 11) is -6.82. The van der Waals surface area contributed by atoms with Gasteiger partial charge < -0.3 is 0 Å². The molecule has 2 N–H and O–H groups in total. The summed E-state index contributed by atoms with van der Waals surface area (Å²) in [6.45, 7) is 1.32. The van der Waals surface area contributed by atoms with Crippen LogP contribution in [-0.2, 0) is 26.8 Å². The van der Waals surface area contributed by atoms with E-state index in [-0.39, 0.29) is 19.0 Å². The lowest BCUT2D eigenvalue weighted by atomic mass is 10.0. The van der Waals surface area contributed by atoms with Crippen molar-refractivity contribution in [3.63, 3.8) is 0 Å². The lowest BCUT2D eigenvalue weighted by Crippen LogP contribution is -2.45. The van der Waals surface area contributed by atoms with Gasteiger partial charge in [0, 0.05) is 26.2 Å². The molecule has 0 aromatic heterocycles. The maximum atomic E-state index is 12.0. The normalized spacial score (nSPS) is 20.5. The fourth-order valence-corrected chi connectivity index (χ4v) is 4.40. The van der Waals surface area contributed by atoms with Crippen LogP contribution in [0.2, 0.25) is 0 Å². The van der Waals surface area contributed by atoms with Crippen LogP contribution >= 0.6 is 0 Å². The highest BCUT2D eigenvalue weighted by Gasteiger charge is 2.26. The lowest BCUT2D eigenvalue weighted by Gasteiger charge is -2.30. The molecule has 0 aliphatic carbocycles. The van der Waals surface area contributed by atoms with Crippen LogP contribution in [0.3, 0.4) is 0 Å². The SMILES string of the molecule is CS(=O)(=O)N1CCC[C@@H](CNS(=O)(=O)NCc2ccccc2)C1. The first-order valence-corrected chi connectivity index (χ1v) is 10.8. The van der Waals surface area contributed by atoms with Crippen LogP contribution in [-0.4, -0.2) is 47.0 Å². The molecule has 9 heteroatoms. The van der Waals surface area contributed by atoms with Gasteiger partial charge >= 0.3 is 0 Å².